The van der Waals surface area contributed by atoms with Crippen LogP contribution in [0.5, 0.6) is 0 Å². The van der Waals surface area contributed by atoms with Gasteiger partial charge in [0.1, 0.15) is 0 Å². The van der Waals surface area contributed by atoms with Gasteiger partial charge in [-0.3, -0.25) is 0 Å². The Hall–Kier alpha value is 0.230. The predicted octanol–water partition coefficient (Wildman–Crippen LogP) is 5.08. The molecule has 2 aromatic heterocycles. The smallest absolute Gasteiger partial charge is 0.0831 e. The molecule has 16 heavy (non-hydrogen) atoms. The summed E-state index contributed by atoms with van der Waals surface area (Å²) in [5.41, 5.74) is 1.57. The summed E-state index contributed by atoms with van der Waals surface area (Å²) in [6, 6.07) is 6.72. The molecule has 3 heterocycles. The first kappa shape index (κ1) is 11.3. The Balaban J connectivity index is 1.92. The third-order valence-electron chi connectivity index (χ3n) is 2.69. The minimum absolute atomic E-state index is 0.396. The zero-order chi connectivity index (χ0) is 11.0. The molecule has 1 unspecified atom stereocenters. The number of rotatable bonds is 2. The minimum atomic E-state index is 0.396. The highest BCUT2D eigenvalue weighted by Gasteiger charge is 2.19. The van der Waals surface area contributed by atoms with E-state index < -0.39 is 0 Å². The lowest BCUT2D eigenvalue weighted by molar-refractivity contribution is 1.13. The first-order valence-electron chi connectivity index (χ1n) is 5.21. The van der Waals surface area contributed by atoms with Crippen LogP contribution in [-0.4, -0.2) is 5.75 Å². The van der Waals surface area contributed by atoms with Crippen LogP contribution in [0.4, 0.5) is 0 Å². The first-order valence-corrected chi connectivity index (χ1v) is 8.98. The van der Waals surface area contributed by atoms with Gasteiger partial charge in [-0.05, 0) is 35.2 Å². The second-order valence-corrected chi connectivity index (χ2v) is 7.95. The molecule has 0 amide bonds. The average molecular weight is 331 g/mol. The predicted molar refractivity (Wildman–Crippen MR) is 79.3 cm³/mol. The quantitative estimate of drug-likeness (QED) is 0.691. The number of alkyl halides is 1. The molecular formula is C12H11BrS3. The molecule has 0 aliphatic carbocycles. The normalized spacial score (nSPS) is 17.1. The van der Waals surface area contributed by atoms with Crippen LogP contribution in [-0.2, 0) is 12.2 Å². The van der Waals surface area contributed by atoms with E-state index in [1.165, 1.54) is 27.7 Å². The van der Waals surface area contributed by atoms with Crippen molar-refractivity contribution in [2.45, 2.75) is 17.0 Å². The Morgan fingerprint density at radius 3 is 3.00 bits per heavy atom. The largest absolute Gasteiger partial charge is 0.157 e. The third-order valence-corrected chi connectivity index (χ3v) is 7.53. The minimum Gasteiger partial charge on any atom is -0.157 e. The summed E-state index contributed by atoms with van der Waals surface area (Å²) < 4.78 is 0. The van der Waals surface area contributed by atoms with Crippen molar-refractivity contribution in [1.82, 2.24) is 0 Å². The van der Waals surface area contributed by atoms with Gasteiger partial charge in [-0.2, -0.15) is 11.8 Å². The van der Waals surface area contributed by atoms with Crippen molar-refractivity contribution in [2.24, 2.45) is 0 Å². The monoisotopic (exact) mass is 330 g/mol. The second-order valence-electron chi connectivity index (χ2n) is 3.78. The molecule has 0 nitrogen and oxygen atoms in total. The van der Waals surface area contributed by atoms with Crippen molar-refractivity contribution >= 4 is 50.4 Å². The fourth-order valence-electron chi connectivity index (χ4n) is 1.87. The Bertz CT molecular complexity index is 449. The van der Waals surface area contributed by atoms with Crippen LogP contribution in [0.3, 0.4) is 0 Å². The number of thiophene rings is 2. The summed E-state index contributed by atoms with van der Waals surface area (Å²) in [5.74, 6) is 2.49. The van der Waals surface area contributed by atoms with E-state index in [0.29, 0.717) is 4.83 Å². The molecule has 0 saturated carbocycles. The van der Waals surface area contributed by atoms with Crippen LogP contribution < -0.4 is 0 Å². The lowest BCUT2D eigenvalue weighted by Gasteiger charge is -2.08. The SMILES string of the molecule is BrC(c1cccs1)c1cc2c(s1)CCSC2. The van der Waals surface area contributed by atoms with E-state index in [1.54, 1.807) is 10.4 Å². The van der Waals surface area contributed by atoms with Crippen molar-refractivity contribution in [2.75, 3.05) is 5.75 Å². The molecule has 4 heteroatoms. The lowest BCUT2D eigenvalue weighted by Crippen LogP contribution is -1.96. The molecule has 0 radical (unpaired) electrons. The Morgan fingerprint density at radius 1 is 1.31 bits per heavy atom. The number of hydrogen-bond donors (Lipinski definition) is 0. The molecule has 0 saturated heterocycles. The van der Waals surface area contributed by atoms with Gasteiger partial charge in [-0.25, -0.2) is 0 Å². The topological polar surface area (TPSA) is 0 Å². The molecule has 3 rings (SSSR count). The van der Waals surface area contributed by atoms with Crippen LogP contribution in [0.15, 0.2) is 23.6 Å². The van der Waals surface area contributed by atoms with Gasteiger partial charge in [-0.1, -0.05) is 22.0 Å². The molecule has 84 valence electrons. The number of thioether (sulfide) groups is 1. The summed E-state index contributed by atoms with van der Waals surface area (Å²) >= 11 is 9.68. The molecule has 2 aromatic rings. The van der Waals surface area contributed by atoms with E-state index in [9.17, 15) is 0 Å². The van der Waals surface area contributed by atoms with Gasteiger partial charge >= 0.3 is 0 Å². The second kappa shape index (κ2) is 4.84. The highest BCUT2D eigenvalue weighted by atomic mass is 79.9. The molecule has 0 aromatic carbocycles. The molecule has 0 spiro atoms. The van der Waals surface area contributed by atoms with E-state index >= 15 is 0 Å². The number of fused-ring (bicyclic) bond motifs is 1. The Morgan fingerprint density at radius 2 is 2.25 bits per heavy atom. The number of aryl methyl sites for hydroxylation is 1. The molecule has 0 N–H and O–H groups in total. The molecule has 1 aliphatic rings. The maximum absolute atomic E-state index is 3.81. The van der Waals surface area contributed by atoms with Gasteiger partial charge < -0.3 is 0 Å². The molecule has 1 aliphatic heterocycles. The highest BCUT2D eigenvalue weighted by Crippen LogP contribution is 2.41. The zero-order valence-electron chi connectivity index (χ0n) is 8.61. The Labute approximate surface area is 116 Å². The van der Waals surface area contributed by atoms with Crippen molar-refractivity contribution in [3.05, 3.63) is 43.8 Å². The maximum atomic E-state index is 3.81. The summed E-state index contributed by atoms with van der Waals surface area (Å²) in [5, 5.41) is 2.15. The average Bonchev–Trinajstić information content (AvgIpc) is 2.97. The van der Waals surface area contributed by atoms with Gasteiger partial charge in [0.2, 0.25) is 0 Å². The van der Waals surface area contributed by atoms with Crippen LogP contribution in [0.1, 0.15) is 25.0 Å². The standard InChI is InChI=1S/C12H11BrS3/c13-12(10-2-1-4-15-10)11-6-8-7-14-5-3-9(8)16-11/h1-2,4,6,12H,3,5,7H2. The fraction of sp³-hybridized carbons (Fsp3) is 0.333. The van der Waals surface area contributed by atoms with Gasteiger partial charge in [0.05, 0.1) is 4.83 Å². The highest BCUT2D eigenvalue weighted by molar-refractivity contribution is 9.09. The number of halogens is 1. The summed E-state index contributed by atoms with van der Waals surface area (Å²) in [7, 11) is 0. The summed E-state index contributed by atoms with van der Waals surface area (Å²) in [6.07, 6.45) is 1.26. The van der Waals surface area contributed by atoms with Gasteiger partial charge in [0.15, 0.2) is 0 Å². The van der Waals surface area contributed by atoms with E-state index in [2.05, 4.69) is 51.3 Å². The summed E-state index contributed by atoms with van der Waals surface area (Å²) in [6.45, 7) is 0. The van der Waals surface area contributed by atoms with Crippen molar-refractivity contribution in [3.63, 3.8) is 0 Å². The lowest BCUT2D eigenvalue weighted by atomic mass is 10.2. The molecule has 0 fully saturated rings. The number of hydrogen-bond acceptors (Lipinski definition) is 3. The van der Waals surface area contributed by atoms with Crippen LogP contribution in [0.2, 0.25) is 0 Å². The van der Waals surface area contributed by atoms with Crippen LogP contribution in [0.25, 0.3) is 0 Å². The van der Waals surface area contributed by atoms with Crippen molar-refractivity contribution in [3.8, 4) is 0 Å². The molecular weight excluding hydrogens is 320 g/mol. The van der Waals surface area contributed by atoms with Gasteiger partial charge in [0, 0.05) is 20.4 Å². The van der Waals surface area contributed by atoms with Gasteiger partial charge in [0.25, 0.3) is 0 Å². The Kier molecular flexibility index (Phi) is 3.43. The van der Waals surface area contributed by atoms with E-state index in [1.807, 2.05) is 22.7 Å². The van der Waals surface area contributed by atoms with Gasteiger partial charge in [-0.15, -0.1) is 22.7 Å². The van der Waals surface area contributed by atoms with Crippen molar-refractivity contribution in [1.29, 1.82) is 0 Å². The third kappa shape index (κ3) is 2.13. The van der Waals surface area contributed by atoms with E-state index in [-0.39, 0.29) is 0 Å². The maximum Gasteiger partial charge on any atom is 0.0831 e. The van der Waals surface area contributed by atoms with Crippen molar-refractivity contribution < 1.29 is 0 Å². The zero-order valence-corrected chi connectivity index (χ0v) is 12.6. The summed E-state index contributed by atoms with van der Waals surface area (Å²) in [4.78, 5) is 4.88. The van der Waals surface area contributed by atoms with E-state index in [0.717, 1.165) is 0 Å². The van der Waals surface area contributed by atoms with E-state index in [4.69, 9.17) is 0 Å². The fourth-order valence-corrected chi connectivity index (χ4v) is 5.93. The molecule has 1 atom stereocenters. The van der Waals surface area contributed by atoms with Crippen LogP contribution >= 0.6 is 50.4 Å². The van der Waals surface area contributed by atoms with Crippen LogP contribution in [0, 0.1) is 0 Å². The molecule has 0 bridgehead atoms. The first-order chi connectivity index (χ1) is 7.84.